The SMILES string of the molecule is Cc1c(N2CCC(C(c3ncco3)N(C)C)C2)c(F)cc2c(=O)c(C(=O)O)cn(C3CC3)c12. The topological polar surface area (TPSA) is 91.8 Å². The predicted octanol–water partition coefficient (Wildman–Crippen LogP) is 3.60. The number of pyridine rings is 1. The number of rotatable bonds is 6. The average molecular weight is 455 g/mol. The summed E-state index contributed by atoms with van der Waals surface area (Å²) < 4.78 is 22.9. The lowest BCUT2D eigenvalue weighted by molar-refractivity contribution is 0.0695. The van der Waals surface area contributed by atoms with Gasteiger partial charge in [-0.2, -0.15) is 0 Å². The average Bonchev–Trinajstić information content (AvgIpc) is 3.25. The van der Waals surface area contributed by atoms with Gasteiger partial charge in [-0.1, -0.05) is 0 Å². The summed E-state index contributed by atoms with van der Waals surface area (Å²) in [5.41, 5.74) is 0.820. The zero-order valence-corrected chi connectivity index (χ0v) is 18.9. The lowest BCUT2D eigenvalue weighted by Gasteiger charge is -2.28. The van der Waals surface area contributed by atoms with Gasteiger partial charge in [0, 0.05) is 36.6 Å². The van der Waals surface area contributed by atoms with Crippen molar-refractivity contribution < 1.29 is 18.7 Å². The molecule has 1 N–H and O–H groups in total. The van der Waals surface area contributed by atoms with Gasteiger partial charge < -0.3 is 19.0 Å². The molecule has 1 aromatic carbocycles. The summed E-state index contributed by atoms with van der Waals surface area (Å²) in [5, 5.41) is 9.62. The Morgan fingerprint density at radius 3 is 2.70 bits per heavy atom. The first-order valence-electron chi connectivity index (χ1n) is 11.2. The first-order chi connectivity index (χ1) is 15.8. The van der Waals surface area contributed by atoms with E-state index in [1.165, 1.54) is 12.3 Å². The highest BCUT2D eigenvalue weighted by molar-refractivity contribution is 5.95. The second-order valence-corrected chi connectivity index (χ2v) is 9.32. The molecular formula is C24H27FN4O4. The monoisotopic (exact) mass is 454 g/mol. The Bertz CT molecular complexity index is 1280. The van der Waals surface area contributed by atoms with Crippen LogP contribution in [0.1, 0.15) is 53.2 Å². The summed E-state index contributed by atoms with van der Waals surface area (Å²) in [5.74, 6) is -0.957. The van der Waals surface area contributed by atoms with E-state index in [0.717, 1.165) is 19.3 Å². The number of carboxylic acids is 1. The number of aryl methyl sites for hydroxylation is 1. The number of benzene rings is 1. The van der Waals surface area contributed by atoms with Crippen LogP contribution in [-0.2, 0) is 0 Å². The van der Waals surface area contributed by atoms with Gasteiger partial charge in [0.1, 0.15) is 17.6 Å². The van der Waals surface area contributed by atoms with Crippen LogP contribution in [-0.4, -0.2) is 52.7 Å². The molecule has 2 fully saturated rings. The Morgan fingerprint density at radius 2 is 2.09 bits per heavy atom. The van der Waals surface area contributed by atoms with Crippen molar-refractivity contribution in [2.45, 2.75) is 38.3 Å². The van der Waals surface area contributed by atoms with E-state index < -0.39 is 17.2 Å². The molecule has 8 nitrogen and oxygen atoms in total. The van der Waals surface area contributed by atoms with Crippen molar-refractivity contribution in [1.29, 1.82) is 0 Å². The van der Waals surface area contributed by atoms with Crippen molar-refractivity contribution in [1.82, 2.24) is 14.5 Å². The molecule has 0 spiro atoms. The molecule has 0 radical (unpaired) electrons. The van der Waals surface area contributed by atoms with Crippen LogP contribution in [0.5, 0.6) is 0 Å². The standard InChI is InChI=1S/C24H27FN4O4/c1-13-19-16(22(30)17(24(31)32)12-29(19)15-4-5-15)10-18(25)20(13)28-8-6-14(11-28)21(27(2)3)23-26-7-9-33-23/h7,9-10,12,14-15,21H,4-6,8,11H2,1-3H3,(H,31,32). The third-order valence-electron chi connectivity index (χ3n) is 6.90. The van der Waals surface area contributed by atoms with Crippen LogP contribution in [0, 0.1) is 18.7 Å². The molecule has 1 aliphatic carbocycles. The van der Waals surface area contributed by atoms with Crippen LogP contribution < -0.4 is 10.3 Å². The molecule has 3 aromatic rings. The van der Waals surface area contributed by atoms with E-state index in [-0.39, 0.29) is 29.0 Å². The normalized spacial score (nSPS) is 19.5. The minimum Gasteiger partial charge on any atom is -0.477 e. The molecule has 2 aliphatic rings. The highest BCUT2D eigenvalue weighted by atomic mass is 19.1. The van der Waals surface area contributed by atoms with Gasteiger partial charge in [0.05, 0.1) is 23.4 Å². The van der Waals surface area contributed by atoms with Gasteiger partial charge in [0.2, 0.25) is 11.3 Å². The van der Waals surface area contributed by atoms with Crippen LogP contribution in [0.3, 0.4) is 0 Å². The van der Waals surface area contributed by atoms with Crippen LogP contribution in [0.25, 0.3) is 10.9 Å². The van der Waals surface area contributed by atoms with Gasteiger partial charge in [-0.05, 0) is 51.9 Å². The lowest BCUT2D eigenvalue weighted by Crippen LogP contribution is -2.31. The molecule has 0 bridgehead atoms. The molecular weight excluding hydrogens is 427 g/mol. The summed E-state index contributed by atoms with van der Waals surface area (Å²) in [6.07, 6.45) is 7.29. The molecule has 5 rings (SSSR count). The molecule has 2 unspecified atom stereocenters. The number of oxazole rings is 1. The third-order valence-corrected chi connectivity index (χ3v) is 6.90. The first kappa shape index (κ1) is 21.6. The van der Waals surface area contributed by atoms with E-state index >= 15 is 4.39 Å². The Labute approximate surface area is 190 Å². The van der Waals surface area contributed by atoms with Crippen molar-refractivity contribution in [2.75, 3.05) is 32.1 Å². The van der Waals surface area contributed by atoms with Crippen LogP contribution >= 0.6 is 0 Å². The van der Waals surface area contributed by atoms with Crippen molar-refractivity contribution in [3.63, 3.8) is 0 Å². The quantitative estimate of drug-likeness (QED) is 0.608. The molecule has 3 heterocycles. The summed E-state index contributed by atoms with van der Waals surface area (Å²) >= 11 is 0. The van der Waals surface area contributed by atoms with E-state index in [2.05, 4.69) is 9.88 Å². The molecule has 1 saturated heterocycles. The van der Waals surface area contributed by atoms with Crippen LogP contribution in [0.4, 0.5) is 10.1 Å². The van der Waals surface area contributed by atoms with Crippen molar-refractivity contribution in [3.05, 3.63) is 57.8 Å². The van der Waals surface area contributed by atoms with E-state index in [1.54, 1.807) is 12.5 Å². The number of aromatic nitrogens is 2. The predicted molar refractivity (Wildman–Crippen MR) is 121 cm³/mol. The zero-order valence-electron chi connectivity index (χ0n) is 18.9. The van der Waals surface area contributed by atoms with Crippen LogP contribution in [0.2, 0.25) is 0 Å². The van der Waals surface area contributed by atoms with Gasteiger partial charge in [0.25, 0.3) is 0 Å². The smallest absolute Gasteiger partial charge is 0.341 e. The van der Waals surface area contributed by atoms with E-state index in [0.29, 0.717) is 35.7 Å². The molecule has 9 heteroatoms. The number of hydrogen-bond acceptors (Lipinski definition) is 6. The second-order valence-electron chi connectivity index (χ2n) is 9.32. The Balaban J connectivity index is 1.58. The number of hydrogen-bond donors (Lipinski definition) is 1. The highest BCUT2D eigenvalue weighted by Crippen LogP contribution is 2.42. The molecule has 174 valence electrons. The number of nitrogens with zero attached hydrogens (tertiary/aromatic N) is 4. The third kappa shape index (κ3) is 3.60. The van der Waals surface area contributed by atoms with E-state index in [1.807, 2.05) is 30.5 Å². The van der Waals surface area contributed by atoms with E-state index in [4.69, 9.17) is 4.42 Å². The van der Waals surface area contributed by atoms with Crippen molar-refractivity contribution >= 4 is 22.6 Å². The van der Waals surface area contributed by atoms with Gasteiger partial charge in [-0.3, -0.25) is 9.69 Å². The van der Waals surface area contributed by atoms with Gasteiger partial charge in [-0.15, -0.1) is 0 Å². The highest BCUT2D eigenvalue weighted by Gasteiger charge is 2.36. The summed E-state index contributed by atoms with van der Waals surface area (Å²) in [7, 11) is 3.96. The lowest BCUT2D eigenvalue weighted by atomic mass is 9.98. The zero-order chi connectivity index (χ0) is 23.4. The molecule has 1 saturated carbocycles. The maximum absolute atomic E-state index is 15.5. The summed E-state index contributed by atoms with van der Waals surface area (Å²) in [4.78, 5) is 32.9. The van der Waals surface area contributed by atoms with Crippen molar-refractivity contribution in [3.8, 4) is 0 Å². The van der Waals surface area contributed by atoms with Gasteiger partial charge >= 0.3 is 5.97 Å². The fourth-order valence-corrected chi connectivity index (χ4v) is 5.32. The maximum Gasteiger partial charge on any atom is 0.341 e. The second kappa shape index (κ2) is 7.98. The summed E-state index contributed by atoms with van der Waals surface area (Å²) in [6, 6.07) is 1.32. The van der Waals surface area contributed by atoms with Crippen molar-refractivity contribution in [2.24, 2.45) is 5.92 Å². The minimum absolute atomic E-state index is 0.0309. The van der Waals surface area contributed by atoms with Gasteiger partial charge in [-0.25, -0.2) is 14.2 Å². The summed E-state index contributed by atoms with van der Waals surface area (Å²) in [6.45, 7) is 3.11. The molecule has 33 heavy (non-hydrogen) atoms. The molecule has 0 amide bonds. The number of carbonyl (C=O) groups is 1. The van der Waals surface area contributed by atoms with Gasteiger partial charge in [0.15, 0.2) is 0 Å². The maximum atomic E-state index is 15.5. The van der Waals surface area contributed by atoms with Crippen LogP contribution in [0.15, 0.2) is 33.9 Å². The fraction of sp³-hybridized carbons (Fsp3) is 0.458. The fourth-order valence-electron chi connectivity index (χ4n) is 5.32. The number of anilines is 1. The number of aromatic carboxylic acids is 1. The van der Waals surface area contributed by atoms with E-state index in [9.17, 15) is 14.7 Å². The first-order valence-corrected chi connectivity index (χ1v) is 11.2. The Kier molecular flexibility index (Phi) is 5.23. The number of halogens is 1. The molecule has 2 aromatic heterocycles. The molecule has 2 atom stereocenters. The Hall–Kier alpha value is -3.20. The largest absolute Gasteiger partial charge is 0.477 e. The number of fused-ring (bicyclic) bond motifs is 1. The Morgan fingerprint density at radius 1 is 1.33 bits per heavy atom. The number of carboxylic acid groups (broad SMARTS) is 1. The molecule has 1 aliphatic heterocycles. The minimum atomic E-state index is -1.29.